The molecule has 1 N–H and O–H groups in total. The van der Waals surface area contributed by atoms with Crippen molar-refractivity contribution in [2.45, 2.75) is 77.5 Å². The van der Waals surface area contributed by atoms with Crippen molar-refractivity contribution < 1.29 is 14.0 Å². The van der Waals surface area contributed by atoms with E-state index in [1.165, 1.54) is 4.80 Å². The van der Waals surface area contributed by atoms with Crippen molar-refractivity contribution in [1.82, 2.24) is 30.4 Å². The smallest absolute Gasteiger partial charge is 0.247 e. The Balaban J connectivity index is 1.54. The van der Waals surface area contributed by atoms with E-state index in [9.17, 15) is 9.59 Å². The molecule has 3 aromatic rings. The predicted molar refractivity (Wildman–Crippen MR) is 126 cm³/mol. The Labute approximate surface area is 199 Å². The van der Waals surface area contributed by atoms with Crippen molar-refractivity contribution in [2.75, 3.05) is 0 Å². The summed E-state index contributed by atoms with van der Waals surface area (Å²) in [6.07, 6.45) is 5.62. The second-order valence-electron chi connectivity index (χ2n) is 8.86. The number of carbonyl (C=O) groups excluding carboxylic acids is 2. The molecule has 180 valence electrons. The number of amides is 2. The lowest BCUT2D eigenvalue weighted by molar-refractivity contribution is -0.142. The Morgan fingerprint density at radius 1 is 1.18 bits per heavy atom. The van der Waals surface area contributed by atoms with Crippen LogP contribution in [0.2, 0.25) is 0 Å². The zero-order chi connectivity index (χ0) is 23.9. The summed E-state index contributed by atoms with van der Waals surface area (Å²) in [5.41, 5.74) is 0.962. The maximum Gasteiger partial charge on any atom is 0.247 e. The highest BCUT2D eigenvalue weighted by molar-refractivity contribution is 5.87. The van der Waals surface area contributed by atoms with Gasteiger partial charge in [0.05, 0.1) is 0 Å². The fourth-order valence-corrected chi connectivity index (χ4v) is 4.40. The molecule has 1 aliphatic rings. The number of rotatable bonds is 10. The van der Waals surface area contributed by atoms with Crippen molar-refractivity contribution in [3.05, 3.63) is 53.8 Å². The number of furan rings is 1. The summed E-state index contributed by atoms with van der Waals surface area (Å²) in [6, 6.07) is 12.9. The molecule has 0 unspecified atom stereocenters. The predicted octanol–water partition coefficient (Wildman–Crippen LogP) is 3.50. The standard InChI is InChI=1S/C25H32N6O3/c1-3-9-21(25(33)26-20-12-7-8-13-20)30(16-19-10-5-4-6-11-19)23(32)17-31-28-24(27-29-31)22-15-14-18(2)34-22/h4-6,10-11,14-15,20-21H,3,7-9,12-13,16-17H2,1-2H3,(H,26,33)/t21-/m0/s1. The van der Waals surface area contributed by atoms with Crippen LogP contribution in [0.25, 0.3) is 11.6 Å². The number of benzene rings is 1. The van der Waals surface area contributed by atoms with E-state index in [2.05, 4.69) is 20.7 Å². The van der Waals surface area contributed by atoms with E-state index in [0.717, 1.165) is 43.4 Å². The Kier molecular flexibility index (Phi) is 7.72. The van der Waals surface area contributed by atoms with E-state index >= 15 is 0 Å². The summed E-state index contributed by atoms with van der Waals surface area (Å²) >= 11 is 0. The zero-order valence-electron chi connectivity index (χ0n) is 19.8. The average molecular weight is 465 g/mol. The summed E-state index contributed by atoms with van der Waals surface area (Å²) in [7, 11) is 0. The maximum absolute atomic E-state index is 13.5. The van der Waals surface area contributed by atoms with Gasteiger partial charge in [-0.3, -0.25) is 9.59 Å². The molecular weight excluding hydrogens is 432 g/mol. The first-order valence-electron chi connectivity index (χ1n) is 12.0. The normalized spacial score (nSPS) is 14.8. The van der Waals surface area contributed by atoms with Gasteiger partial charge in [-0.15, -0.1) is 10.2 Å². The van der Waals surface area contributed by atoms with Crippen LogP contribution in [-0.2, 0) is 22.7 Å². The summed E-state index contributed by atoms with van der Waals surface area (Å²) in [5, 5.41) is 15.5. The lowest BCUT2D eigenvalue weighted by Crippen LogP contribution is -2.52. The van der Waals surface area contributed by atoms with Crippen molar-refractivity contribution in [3.63, 3.8) is 0 Å². The number of tetrazole rings is 1. The molecule has 0 saturated heterocycles. The molecule has 2 amide bonds. The first kappa shape index (κ1) is 23.7. The zero-order valence-corrected chi connectivity index (χ0v) is 19.8. The van der Waals surface area contributed by atoms with Crippen LogP contribution in [0.5, 0.6) is 0 Å². The minimum absolute atomic E-state index is 0.0867. The Bertz CT molecular complexity index is 1090. The molecule has 9 heteroatoms. The van der Waals surface area contributed by atoms with E-state index in [-0.39, 0.29) is 24.4 Å². The van der Waals surface area contributed by atoms with E-state index < -0.39 is 6.04 Å². The second-order valence-corrected chi connectivity index (χ2v) is 8.86. The fourth-order valence-electron chi connectivity index (χ4n) is 4.40. The Morgan fingerprint density at radius 2 is 1.94 bits per heavy atom. The highest BCUT2D eigenvalue weighted by atomic mass is 16.3. The summed E-state index contributed by atoms with van der Waals surface area (Å²) in [4.78, 5) is 29.7. The minimum atomic E-state index is -0.561. The SMILES string of the molecule is CCC[C@@H](C(=O)NC1CCCC1)N(Cc1ccccc1)C(=O)Cn1nnc(-c2ccc(C)o2)n1. The van der Waals surface area contributed by atoms with Gasteiger partial charge in [0.15, 0.2) is 5.76 Å². The van der Waals surface area contributed by atoms with Crippen molar-refractivity contribution in [1.29, 1.82) is 0 Å². The number of hydrogen-bond donors (Lipinski definition) is 1. The molecule has 0 spiro atoms. The molecule has 1 atom stereocenters. The Hall–Kier alpha value is -3.49. The monoisotopic (exact) mass is 464 g/mol. The van der Waals surface area contributed by atoms with Gasteiger partial charge in [-0.05, 0) is 49.1 Å². The molecule has 0 radical (unpaired) electrons. The first-order valence-corrected chi connectivity index (χ1v) is 12.0. The highest BCUT2D eigenvalue weighted by Gasteiger charge is 2.31. The van der Waals surface area contributed by atoms with Crippen LogP contribution < -0.4 is 5.32 Å². The fraction of sp³-hybridized carbons (Fsp3) is 0.480. The molecule has 0 aliphatic heterocycles. The van der Waals surface area contributed by atoms with Gasteiger partial charge in [-0.1, -0.05) is 56.5 Å². The number of hydrogen-bond acceptors (Lipinski definition) is 6. The highest BCUT2D eigenvalue weighted by Crippen LogP contribution is 2.20. The first-order chi connectivity index (χ1) is 16.5. The molecular formula is C25H32N6O3. The topological polar surface area (TPSA) is 106 Å². The minimum Gasteiger partial charge on any atom is -0.458 e. The summed E-state index contributed by atoms with van der Waals surface area (Å²) in [6.45, 7) is 4.08. The van der Waals surface area contributed by atoms with Gasteiger partial charge in [0, 0.05) is 12.6 Å². The lowest BCUT2D eigenvalue weighted by Gasteiger charge is -2.32. The molecule has 1 aromatic carbocycles. The quantitative estimate of drug-likeness (QED) is 0.492. The van der Waals surface area contributed by atoms with Gasteiger partial charge < -0.3 is 14.6 Å². The molecule has 4 rings (SSSR count). The third-order valence-corrected chi connectivity index (χ3v) is 6.15. The average Bonchev–Trinajstić information content (AvgIpc) is 3.59. The van der Waals surface area contributed by atoms with Crippen LogP contribution in [0, 0.1) is 6.92 Å². The number of nitrogens with zero attached hydrogens (tertiary/aromatic N) is 5. The van der Waals surface area contributed by atoms with Gasteiger partial charge in [0.1, 0.15) is 18.3 Å². The van der Waals surface area contributed by atoms with Crippen LogP contribution in [-0.4, -0.2) is 49.0 Å². The van der Waals surface area contributed by atoms with Crippen LogP contribution in [0.1, 0.15) is 56.8 Å². The molecule has 9 nitrogen and oxygen atoms in total. The van der Waals surface area contributed by atoms with Crippen LogP contribution in [0.15, 0.2) is 46.9 Å². The van der Waals surface area contributed by atoms with Gasteiger partial charge in [0.25, 0.3) is 0 Å². The number of aryl methyl sites for hydroxylation is 1. The van der Waals surface area contributed by atoms with Gasteiger partial charge in [0.2, 0.25) is 17.6 Å². The van der Waals surface area contributed by atoms with E-state index in [1.807, 2.05) is 50.2 Å². The van der Waals surface area contributed by atoms with E-state index in [4.69, 9.17) is 4.42 Å². The number of aromatic nitrogens is 4. The molecule has 34 heavy (non-hydrogen) atoms. The molecule has 1 saturated carbocycles. The van der Waals surface area contributed by atoms with Crippen molar-refractivity contribution in [2.24, 2.45) is 0 Å². The third kappa shape index (κ3) is 5.89. The molecule has 2 aromatic heterocycles. The van der Waals surface area contributed by atoms with E-state index in [0.29, 0.717) is 24.6 Å². The summed E-state index contributed by atoms with van der Waals surface area (Å²) < 4.78 is 5.55. The Morgan fingerprint density at radius 3 is 2.62 bits per heavy atom. The third-order valence-electron chi connectivity index (χ3n) is 6.15. The lowest BCUT2D eigenvalue weighted by atomic mass is 10.1. The largest absolute Gasteiger partial charge is 0.458 e. The molecule has 1 fully saturated rings. The van der Waals surface area contributed by atoms with E-state index in [1.54, 1.807) is 11.0 Å². The van der Waals surface area contributed by atoms with Gasteiger partial charge >= 0.3 is 0 Å². The second kappa shape index (κ2) is 11.1. The van der Waals surface area contributed by atoms with Crippen LogP contribution in [0.4, 0.5) is 0 Å². The molecule has 1 aliphatic carbocycles. The number of nitrogens with one attached hydrogen (secondary N) is 1. The van der Waals surface area contributed by atoms with Gasteiger partial charge in [-0.2, -0.15) is 4.80 Å². The van der Waals surface area contributed by atoms with Crippen LogP contribution in [0.3, 0.4) is 0 Å². The van der Waals surface area contributed by atoms with Crippen molar-refractivity contribution >= 4 is 11.8 Å². The number of carbonyl (C=O) groups is 2. The summed E-state index contributed by atoms with van der Waals surface area (Å²) in [5.74, 6) is 1.24. The van der Waals surface area contributed by atoms with Crippen LogP contribution >= 0.6 is 0 Å². The van der Waals surface area contributed by atoms with Gasteiger partial charge in [-0.25, -0.2) is 0 Å². The molecule has 2 heterocycles. The molecule has 0 bridgehead atoms. The maximum atomic E-state index is 13.5. The van der Waals surface area contributed by atoms with Crippen molar-refractivity contribution in [3.8, 4) is 11.6 Å².